The Kier molecular flexibility index (Phi) is 4.54. The standard InChI is InChI=1S/C15H19Cl2NO/c1-18(2)15(9-4-3-5-10-15)14(19)11-7-6-8-12(16)13(11)17/h6-8H,3-5,9-10H2,1-2H3. The van der Waals surface area contributed by atoms with Crippen LogP contribution in [-0.4, -0.2) is 30.3 Å². The van der Waals surface area contributed by atoms with Crippen LogP contribution in [0.5, 0.6) is 0 Å². The summed E-state index contributed by atoms with van der Waals surface area (Å²) < 4.78 is 0. The molecule has 2 nitrogen and oxygen atoms in total. The molecule has 19 heavy (non-hydrogen) atoms. The fourth-order valence-corrected chi connectivity index (χ4v) is 3.33. The molecule has 0 heterocycles. The molecule has 1 saturated carbocycles. The molecule has 0 radical (unpaired) electrons. The molecule has 1 aliphatic carbocycles. The van der Waals surface area contributed by atoms with Crippen molar-refractivity contribution < 1.29 is 4.79 Å². The summed E-state index contributed by atoms with van der Waals surface area (Å²) in [6.07, 6.45) is 5.15. The molecule has 0 N–H and O–H groups in total. The Morgan fingerprint density at radius 3 is 2.37 bits per heavy atom. The fraction of sp³-hybridized carbons (Fsp3) is 0.533. The molecule has 0 spiro atoms. The van der Waals surface area contributed by atoms with Gasteiger partial charge in [-0.1, -0.05) is 48.5 Å². The number of nitrogens with zero attached hydrogens (tertiary/aromatic N) is 1. The normalized spacial score (nSPS) is 18.6. The zero-order valence-corrected chi connectivity index (χ0v) is 12.9. The number of likely N-dealkylation sites (N-methyl/N-ethyl adjacent to an activating group) is 1. The van der Waals surface area contributed by atoms with Crippen LogP contribution in [0.3, 0.4) is 0 Å². The van der Waals surface area contributed by atoms with E-state index >= 15 is 0 Å². The van der Waals surface area contributed by atoms with Crippen LogP contribution < -0.4 is 0 Å². The van der Waals surface area contributed by atoms with Crippen molar-refractivity contribution in [3.05, 3.63) is 33.8 Å². The average molecular weight is 300 g/mol. The Hall–Kier alpha value is -0.570. The molecule has 0 bridgehead atoms. The predicted molar refractivity (Wildman–Crippen MR) is 80.3 cm³/mol. The van der Waals surface area contributed by atoms with Gasteiger partial charge < -0.3 is 0 Å². The second kappa shape index (κ2) is 5.82. The molecule has 2 rings (SSSR count). The number of ketones is 1. The zero-order chi connectivity index (χ0) is 14.0. The van der Waals surface area contributed by atoms with Crippen LogP contribution in [0.1, 0.15) is 42.5 Å². The third-order valence-corrected chi connectivity index (χ3v) is 4.97. The first kappa shape index (κ1) is 14.8. The van der Waals surface area contributed by atoms with Crippen molar-refractivity contribution in [1.29, 1.82) is 0 Å². The van der Waals surface area contributed by atoms with Crippen molar-refractivity contribution in [3.8, 4) is 0 Å². The van der Waals surface area contributed by atoms with E-state index in [4.69, 9.17) is 23.2 Å². The molecule has 0 atom stereocenters. The molecule has 0 aliphatic heterocycles. The van der Waals surface area contributed by atoms with Gasteiger partial charge in [-0.2, -0.15) is 0 Å². The minimum Gasteiger partial charge on any atom is -0.297 e. The van der Waals surface area contributed by atoms with Crippen molar-refractivity contribution >= 4 is 29.0 Å². The van der Waals surface area contributed by atoms with Crippen molar-refractivity contribution in [3.63, 3.8) is 0 Å². The number of carbonyl (C=O) groups excluding carboxylic acids is 1. The van der Waals surface area contributed by atoms with Gasteiger partial charge in [0.1, 0.15) is 0 Å². The van der Waals surface area contributed by atoms with Crippen LogP contribution >= 0.6 is 23.2 Å². The maximum atomic E-state index is 13.0. The second-order valence-electron chi connectivity index (χ2n) is 5.42. The number of rotatable bonds is 3. The molecule has 104 valence electrons. The quantitative estimate of drug-likeness (QED) is 0.769. The molecule has 4 heteroatoms. The predicted octanol–water partition coefficient (Wildman–Crippen LogP) is 4.44. The van der Waals surface area contributed by atoms with Crippen LogP contribution in [0.4, 0.5) is 0 Å². The van der Waals surface area contributed by atoms with Gasteiger partial charge in [-0.05, 0) is 39.1 Å². The molecule has 0 aromatic heterocycles. The molecular weight excluding hydrogens is 281 g/mol. The summed E-state index contributed by atoms with van der Waals surface area (Å²) >= 11 is 12.2. The van der Waals surface area contributed by atoms with E-state index in [1.54, 1.807) is 18.2 Å². The van der Waals surface area contributed by atoms with E-state index in [1.807, 2.05) is 19.0 Å². The molecular formula is C15H19Cl2NO. The minimum absolute atomic E-state index is 0.102. The molecule has 0 unspecified atom stereocenters. The highest BCUT2D eigenvalue weighted by Gasteiger charge is 2.42. The number of Topliss-reactive ketones (excluding diaryl/α,β-unsaturated/α-hetero) is 1. The van der Waals surface area contributed by atoms with E-state index in [0.717, 1.165) is 25.7 Å². The second-order valence-corrected chi connectivity index (χ2v) is 6.20. The SMILES string of the molecule is CN(C)C1(C(=O)c2cccc(Cl)c2Cl)CCCCC1. The molecule has 1 aliphatic rings. The number of carbonyl (C=O) groups is 1. The Labute approximate surface area is 124 Å². The average Bonchev–Trinajstić information content (AvgIpc) is 2.41. The fourth-order valence-electron chi connectivity index (χ4n) is 2.94. The van der Waals surface area contributed by atoms with Crippen LogP contribution in [0.15, 0.2) is 18.2 Å². The van der Waals surface area contributed by atoms with Gasteiger partial charge in [0.05, 0.1) is 15.6 Å². The highest BCUT2D eigenvalue weighted by Crippen LogP contribution is 2.37. The lowest BCUT2D eigenvalue weighted by Gasteiger charge is -2.41. The van der Waals surface area contributed by atoms with E-state index < -0.39 is 5.54 Å². The number of halogens is 2. The van der Waals surface area contributed by atoms with Crippen LogP contribution in [0.25, 0.3) is 0 Å². The van der Waals surface area contributed by atoms with Gasteiger partial charge >= 0.3 is 0 Å². The van der Waals surface area contributed by atoms with Gasteiger partial charge in [-0.25, -0.2) is 0 Å². The highest BCUT2D eigenvalue weighted by atomic mass is 35.5. The highest BCUT2D eigenvalue weighted by molar-refractivity contribution is 6.44. The van der Waals surface area contributed by atoms with E-state index in [0.29, 0.717) is 15.6 Å². The topological polar surface area (TPSA) is 20.3 Å². The van der Waals surface area contributed by atoms with Gasteiger partial charge in [0.2, 0.25) is 0 Å². The smallest absolute Gasteiger partial charge is 0.184 e. The van der Waals surface area contributed by atoms with E-state index in [-0.39, 0.29) is 5.78 Å². The molecule has 1 fully saturated rings. The largest absolute Gasteiger partial charge is 0.297 e. The Morgan fingerprint density at radius 2 is 1.79 bits per heavy atom. The lowest BCUT2D eigenvalue weighted by Crippen LogP contribution is -2.52. The summed E-state index contributed by atoms with van der Waals surface area (Å²) in [5.41, 5.74) is 0.122. The first-order valence-corrected chi connectivity index (χ1v) is 7.41. The van der Waals surface area contributed by atoms with E-state index in [1.165, 1.54) is 6.42 Å². The van der Waals surface area contributed by atoms with Crippen molar-refractivity contribution in [2.45, 2.75) is 37.6 Å². The first-order chi connectivity index (χ1) is 8.99. The summed E-state index contributed by atoms with van der Waals surface area (Å²) in [7, 11) is 3.95. The molecule has 1 aromatic rings. The number of hydrogen-bond acceptors (Lipinski definition) is 2. The van der Waals surface area contributed by atoms with Gasteiger partial charge in [-0.15, -0.1) is 0 Å². The lowest BCUT2D eigenvalue weighted by atomic mass is 9.75. The van der Waals surface area contributed by atoms with Crippen molar-refractivity contribution in [2.24, 2.45) is 0 Å². The van der Waals surface area contributed by atoms with E-state index in [2.05, 4.69) is 0 Å². The first-order valence-electron chi connectivity index (χ1n) is 6.65. The summed E-state index contributed by atoms with van der Waals surface area (Å²) in [6.45, 7) is 0. The van der Waals surface area contributed by atoms with Crippen molar-refractivity contribution in [2.75, 3.05) is 14.1 Å². The molecule has 0 amide bonds. The third kappa shape index (κ3) is 2.67. The van der Waals surface area contributed by atoms with Gasteiger partial charge in [0, 0.05) is 5.56 Å². The third-order valence-electron chi connectivity index (χ3n) is 4.16. The molecule has 1 aromatic carbocycles. The maximum absolute atomic E-state index is 13.0. The zero-order valence-electron chi connectivity index (χ0n) is 11.4. The lowest BCUT2D eigenvalue weighted by molar-refractivity contribution is 0.0564. The van der Waals surface area contributed by atoms with Crippen LogP contribution in [0.2, 0.25) is 10.0 Å². The Balaban J connectivity index is 2.42. The van der Waals surface area contributed by atoms with Gasteiger partial charge in [0.25, 0.3) is 0 Å². The maximum Gasteiger partial charge on any atom is 0.184 e. The summed E-state index contributed by atoms with van der Waals surface area (Å²) in [4.78, 5) is 15.0. The summed E-state index contributed by atoms with van der Waals surface area (Å²) in [5.74, 6) is 0.102. The van der Waals surface area contributed by atoms with Crippen molar-refractivity contribution in [1.82, 2.24) is 4.90 Å². The Morgan fingerprint density at radius 1 is 1.16 bits per heavy atom. The monoisotopic (exact) mass is 299 g/mol. The van der Waals surface area contributed by atoms with Crippen LogP contribution in [0, 0.1) is 0 Å². The van der Waals surface area contributed by atoms with Gasteiger partial charge in [-0.3, -0.25) is 9.69 Å². The number of hydrogen-bond donors (Lipinski definition) is 0. The van der Waals surface area contributed by atoms with Crippen LogP contribution in [-0.2, 0) is 0 Å². The Bertz CT molecular complexity index is 479. The van der Waals surface area contributed by atoms with E-state index in [9.17, 15) is 4.79 Å². The minimum atomic E-state index is -0.424. The van der Waals surface area contributed by atoms with Gasteiger partial charge in [0.15, 0.2) is 5.78 Å². The summed E-state index contributed by atoms with van der Waals surface area (Å²) in [5, 5.41) is 0.818. The summed E-state index contributed by atoms with van der Waals surface area (Å²) in [6, 6.07) is 5.27. The number of benzene rings is 1. The molecule has 0 saturated heterocycles.